The van der Waals surface area contributed by atoms with Crippen molar-refractivity contribution in [1.82, 2.24) is 5.32 Å². The van der Waals surface area contributed by atoms with Crippen LogP contribution in [0.1, 0.15) is 10.4 Å². The van der Waals surface area contributed by atoms with E-state index in [0.717, 1.165) is 0 Å². The minimum atomic E-state index is -1.03. The lowest BCUT2D eigenvalue weighted by atomic mass is 10.2. The van der Waals surface area contributed by atoms with E-state index in [1.807, 2.05) is 0 Å². The Morgan fingerprint density at radius 1 is 1.28 bits per heavy atom. The third-order valence-corrected chi connectivity index (χ3v) is 2.59. The van der Waals surface area contributed by atoms with Crippen LogP contribution < -0.4 is 11.1 Å². The molecule has 1 aromatic rings. The van der Waals surface area contributed by atoms with Gasteiger partial charge >= 0.3 is 12.0 Å². The Hall–Kier alpha value is -1.79. The van der Waals surface area contributed by atoms with Gasteiger partial charge in [0.05, 0.1) is 15.6 Å². The lowest BCUT2D eigenvalue weighted by Gasteiger charge is -2.06. The average Bonchev–Trinajstić information content (AvgIpc) is 2.29. The summed E-state index contributed by atoms with van der Waals surface area (Å²) in [5, 5.41) is 1.95. The number of urea groups is 1. The normalized spacial score (nSPS) is 9.67. The SMILES string of the molecule is NC(=O)NC(=O)COC(=O)c1cccc(Cl)c1Cl. The summed E-state index contributed by atoms with van der Waals surface area (Å²) in [5.41, 5.74) is 4.73. The first-order chi connectivity index (χ1) is 8.41. The summed E-state index contributed by atoms with van der Waals surface area (Å²) in [5.74, 6) is -1.67. The van der Waals surface area contributed by atoms with E-state index in [4.69, 9.17) is 28.9 Å². The molecule has 0 aliphatic rings. The summed E-state index contributed by atoms with van der Waals surface area (Å²) in [4.78, 5) is 32.9. The summed E-state index contributed by atoms with van der Waals surface area (Å²) >= 11 is 11.5. The van der Waals surface area contributed by atoms with Gasteiger partial charge in [-0.3, -0.25) is 10.1 Å². The summed E-state index contributed by atoms with van der Waals surface area (Å²) < 4.78 is 4.62. The first-order valence-electron chi connectivity index (χ1n) is 4.62. The van der Waals surface area contributed by atoms with Crippen LogP contribution in [-0.2, 0) is 9.53 Å². The molecular formula is C10H8Cl2N2O4. The van der Waals surface area contributed by atoms with Gasteiger partial charge in [0.2, 0.25) is 0 Å². The fourth-order valence-electron chi connectivity index (χ4n) is 1.04. The van der Waals surface area contributed by atoms with Gasteiger partial charge in [0.1, 0.15) is 0 Å². The second-order valence-electron chi connectivity index (χ2n) is 3.09. The summed E-state index contributed by atoms with van der Waals surface area (Å²) in [6, 6.07) is 3.37. The zero-order valence-electron chi connectivity index (χ0n) is 8.91. The van der Waals surface area contributed by atoms with Crippen molar-refractivity contribution in [2.45, 2.75) is 0 Å². The number of carbonyl (C=O) groups excluding carboxylic acids is 3. The number of benzene rings is 1. The third kappa shape index (κ3) is 3.90. The van der Waals surface area contributed by atoms with Crippen molar-refractivity contribution in [1.29, 1.82) is 0 Å². The van der Waals surface area contributed by atoms with Crippen LogP contribution >= 0.6 is 23.2 Å². The lowest BCUT2D eigenvalue weighted by molar-refractivity contribution is -0.123. The third-order valence-electron chi connectivity index (χ3n) is 1.77. The van der Waals surface area contributed by atoms with Gasteiger partial charge in [-0.1, -0.05) is 29.3 Å². The molecule has 0 saturated heterocycles. The molecule has 0 fully saturated rings. The molecule has 6 nitrogen and oxygen atoms in total. The lowest BCUT2D eigenvalue weighted by Crippen LogP contribution is -2.37. The number of ether oxygens (including phenoxy) is 1. The van der Waals surface area contributed by atoms with Gasteiger partial charge in [-0.05, 0) is 12.1 Å². The van der Waals surface area contributed by atoms with E-state index in [1.165, 1.54) is 18.2 Å². The largest absolute Gasteiger partial charge is 0.452 e. The van der Waals surface area contributed by atoms with Crippen LogP contribution in [0.5, 0.6) is 0 Å². The molecule has 0 aromatic heterocycles. The molecule has 3 amide bonds. The van der Waals surface area contributed by atoms with Gasteiger partial charge in [-0.25, -0.2) is 9.59 Å². The Morgan fingerprint density at radius 2 is 1.94 bits per heavy atom. The standard InChI is InChI=1S/C10H8Cl2N2O4/c11-6-3-1-2-5(8(6)12)9(16)18-4-7(15)14-10(13)17/h1-3H,4H2,(H3,13,14,15,17). The van der Waals surface area contributed by atoms with E-state index in [-0.39, 0.29) is 15.6 Å². The minimum Gasteiger partial charge on any atom is -0.452 e. The van der Waals surface area contributed by atoms with E-state index >= 15 is 0 Å². The highest BCUT2D eigenvalue weighted by Crippen LogP contribution is 2.25. The molecule has 0 aliphatic carbocycles. The number of nitrogens with two attached hydrogens (primary N) is 1. The first-order valence-corrected chi connectivity index (χ1v) is 5.38. The Bertz CT molecular complexity index is 505. The molecule has 8 heteroatoms. The maximum Gasteiger partial charge on any atom is 0.340 e. The van der Waals surface area contributed by atoms with Crippen molar-refractivity contribution in [2.24, 2.45) is 5.73 Å². The van der Waals surface area contributed by atoms with Gasteiger partial charge < -0.3 is 10.5 Å². The monoisotopic (exact) mass is 290 g/mol. The fraction of sp³-hybridized carbons (Fsp3) is 0.100. The molecule has 96 valence electrons. The zero-order chi connectivity index (χ0) is 13.7. The van der Waals surface area contributed by atoms with Crippen LogP contribution in [-0.4, -0.2) is 24.5 Å². The second kappa shape index (κ2) is 6.23. The molecule has 0 radical (unpaired) electrons. The number of nitrogens with one attached hydrogen (secondary N) is 1. The van der Waals surface area contributed by atoms with E-state index in [1.54, 1.807) is 5.32 Å². The number of imide groups is 1. The molecular weight excluding hydrogens is 283 g/mol. The number of primary amides is 1. The van der Waals surface area contributed by atoms with Crippen molar-refractivity contribution >= 4 is 41.1 Å². The maximum absolute atomic E-state index is 11.5. The smallest absolute Gasteiger partial charge is 0.340 e. The number of halogens is 2. The molecule has 0 heterocycles. The Kier molecular flexibility index (Phi) is 4.94. The summed E-state index contributed by atoms with van der Waals surface area (Å²) in [6.07, 6.45) is 0. The predicted molar refractivity (Wildman–Crippen MR) is 64.5 cm³/mol. The Labute approximate surface area is 112 Å². The van der Waals surface area contributed by atoms with Gasteiger partial charge in [0.25, 0.3) is 5.91 Å². The molecule has 0 saturated carbocycles. The van der Waals surface area contributed by atoms with Crippen LogP contribution in [0.15, 0.2) is 18.2 Å². The number of hydrogen-bond donors (Lipinski definition) is 2. The quantitative estimate of drug-likeness (QED) is 0.821. The van der Waals surface area contributed by atoms with Crippen molar-refractivity contribution in [3.8, 4) is 0 Å². The Morgan fingerprint density at radius 3 is 2.56 bits per heavy atom. The molecule has 1 aromatic carbocycles. The topological polar surface area (TPSA) is 98.5 Å². The van der Waals surface area contributed by atoms with Crippen LogP contribution in [0.3, 0.4) is 0 Å². The first kappa shape index (κ1) is 14.3. The van der Waals surface area contributed by atoms with E-state index < -0.39 is 24.5 Å². The van der Waals surface area contributed by atoms with E-state index in [9.17, 15) is 14.4 Å². The van der Waals surface area contributed by atoms with Gasteiger partial charge in [-0.2, -0.15) is 0 Å². The number of carbonyl (C=O) groups is 3. The van der Waals surface area contributed by atoms with Crippen molar-refractivity contribution < 1.29 is 19.1 Å². The average molecular weight is 291 g/mol. The van der Waals surface area contributed by atoms with E-state index in [0.29, 0.717) is 0 Å². The molecule has 0 unspecified atom stereocenters. The molecule has 0 atom stereocenters. The van der Waals surface area contributed by atoms with Crippen LogP contribution in [0.25, 0.3) is 0 Å². The molecule has 1 rings (SSSR count). The van der Waals surface area contributed by atoms with Gasteiger partial charge in [0, 0.05) is 0 Å². The molecule has 0 bridgehead atoms. The number of amides is 3. The number of hydrogen-bond acceptors (Lipinski definition) is 4. The maximum atomic E-state index is 11.5. The highest BCUT2D eigenvalue weighted by atomic mass is 35.5. The fourth-order valence-corrected chi connectivity index (χ4v) is 1.42. The number of esters is 1. The molecule has 0 aliphatic heterocycles. The van der Waals surface area contributed by atoms with E-state index in [2.05, 4.69) is 4.74 Å². The molecule has 0 spiro atoms. The highest BCUT2D eigenvalue weighted by Gasteiger charge is 2.15. The van der Waals surface area contributed by atoms with Crippen molar-refractivity contribution in [3.63, 3.8) is 0 Å². The predicted octanol–water partition coefficient (Wildman–Crippen LogP) is 1.35. The Balaban J connectivity index is 2.64. The minimum absolute atomic E-state index is 0.0241. The van der Waals surface area contributed by atoms with Gasteiger partial charge in [-0.15, -0.1) is 0 Å². The number of rotatable bonds is 3. The molecule has 18 heavy (non-hydrogen) atoms. The van der Waals surface area contributed by atoms with Crippen LogP contribution in [0.2, 0.25) is 10.0 Å². The van der Waals surface area contributed by atoms with Crippen molar-refractivity contribution in [2.75, 3.05) is 6.61 Å². The van der Waals surface area contributed by atoms with Crippen molar-refractivity contribution in [3.05, 3.63) is 33.8 Å². The zero-order valence-corrected chi connectivity index (χ0v) is 10.4. The summed E-state index contributed by atoms with van der Waals surface area (Å²) in [6.45, 7) is -0.648. The molecule has 3 N–H and O–H groups in total. The highest BCUT2D eigenvalue weighted by molar-refractivity contribution is 6.43. The van der Waals surface area contributed by atoms with Crippen LogP contribution in [0.4, 0.5) is 4.79 Å². The summed E-state index contributed by atoms with van der Waals surface area (Å²) in [7, 11) is 0. The van der Waals surface area contributed by atoms with Crippen LogP contribution in [0, 0.1) is 0 Å². The van der Waals surface area contributed by atoms with Gasteiger partial charge in [0.15, 0.2) is 6.61 Å². The second-order valence-corrected chi connectivity index (χ2v) is 3.88.